The van der Waals surface area contributed by atoms with Crippen molar-refractivity contribution in [1.82, 2.24) is 14.5 Å². The minimum atomic E-state index is 0.0761. The quantitative estimate of drug-likeness (QED) is 0.356. The van der Waals surface area contributed by atoms with Gasteiger partial charge in [-0.25, -0.2) is 0 Å². The number of aromatic amines is 1. The monoisotopic (exact) mass is 443 g/mol. The van der Waals surface area contributed by atoms with E-state index in [0.29, 0.717) is 12.5 Å². The van der Waals surface area contributed by atoms with Crippen molar-refractivity contribution in [2.24, 2.45) is 0 Å². The molecule has 2 aromatic heterocycles. The minimum Gasteiger partial charge on any atom is -0.494 e. The van der Waals surface area contributed by atoms with Gasteiger partial charge in [-0.1, -0.05) is 48.5 Å². The van der Waals surface area contributed by atoms with Crippen LogP contribution in [0, 0.1) is 0 Å². The summed E-state index contributed by atoms with van der Waals surface area (Å²) in [5.74, 6) is 0.673. The van der Waals surface area contributed by atoms with Crippen molar-refractivity contribution in [3.8, 4) is 11.8 Å². The summed E-state index contributed by atoms with van der Waals surface area (Å²) >= 11 is 0. The van der Waals surface area contributed by atoms with Crippen LogP contribution in [0.15, 0.2) is 66.7 Å². The lowest BCUT2D eigenvalue weighted by Crippen LogP contribution is -2.44. The number of aromatic nitrogens is 2. The van der Waals surface area contributed by atoms with E-state index in [1.54, 1.807) is 4.57 Å². The zero-order valence-electron chi connectivity index (χ0n) is 19.5. The number of fused-ring (bicyclic) bond motifs is 1. The molecule has 3 N–H and O–H groups in total. The summed E-state index contributed by atoms with van der Waals surface area (Å²) in [6, 6.07) is 22.5. The molecule has 0 spiro atoms. The van der Waals surface area contributed by atoms with Gasteiger partial charge in [0.15, 0.2) is 11.8 Å². The molecule has 4 aromatic rings. The van der Waals surface area contributed by atoms with Gasteiger partial charge in [-0.15, -0.1) is 0 Å². The van der Waals surface area contributed by atoms with Gasteiger partial charge < -0.3 is 15.2 Å². The van der Waals surface area contributed by atoms with E-state index in [9.17, 15) is 10.2 Å². The van der Waals surface area contributed by atoms with Crippen LogP contribution in [0.5, 0.6) is 11.8 Å². The third kappa shape index (κ3) is 3.80. The average molecular weight is 444 g/mol. The van der Waals surface area contributed by atoms with Crippen LogP contribution >= 0.6 is 0 Å². The molecule has 0 radical (unpaired) electrons. The molecule has 0 saturated heterocycles. The highest BCUT2D eigenvalue weighted by molar-refractivity contribution is 5.84. The maximum absolute atomic E-state index is 10.1. The first-order valence-corrected chi connectivity index (χ1v) is 11.9. The molecule has 2 aromatic carbocycles. The molecule has 1 fully saturated rings. The Balaban J connectivity index is 1.44. The summed E-state index contributed by atoms with van der Waals surface area (Å²) in [6.45, 7) is 0.540. The van der Waals surface area contributed by atoms with E-state index < -0.39 is 0 Å². The Labute approximate surface area is 195 Å². The van der Waals surface area contributed by atoms with Crippen LogP contribution in [0.4, 0.5) is 0 Å². The first-order chi connectivity index (χ1) is 16.0. The van der Waals surface area contributed by atoms with Crippen LogP contribution in [0.3, 0.4) is 0 Å². The Hall–Kier alpha value is -3.18. The first kappa shape index (κ1) is 21.7. The van der Waals surface area contributed by atoms with Gasteiger partial charge in [0.1, 0.15) is 0 Å². The molecule has 1 saturated carbocycles. The normalized spacial score (nSPS) is 21.1. The predicted octanol–water partition coefficient (Wildman–Crippen LogP) is 5.74. The van der Waals surface area contributed by atoms with Gasteiger partial charge in [-0.2, -0.15) is 0 Å². The van der Waals surface area contributed by atoms with E-state index in [1.165, 1.54) is 34.3 Å². The number of rotatable bonds is 6. The molecular formula is C28H33N3O2. The molecule has 172 valence electrons. The van der Waals surface area contributed by atoms with Crippen molar-refractivity contribution >= 4 is 10.9 Å². The fourth-order valence-electron chi connectivity index (χ4n) is 5.86. The Morgan fingerprint density at radius 3 is 2.21 bits per heavy atom. The van der Waals surface area contributed by atoms with Crippen molar-refractivity contribution in [1.29, 1.82) is 0 Å². The Morgan fingerprint density at radius 1 is 0.909 bits per heavy atom. The largest absolute Gasteiger partial charge is 0.494 e. The van der Waals surface area contributed by atoms with E-state index in [-0.39, 0.29) is 17.3 Å². The molecule has 33 heavy (non-hydrogen) atoms. The van der Waals surface area contributed by atoms with Crippen LogP contribution in [0.1, 0.15) is 48.4 Å². The van der Waals surface area contributed by atoms with E-state index >= 15 is 0 Å². The van der Waals surface area contributed by atoms with Gasteiger partial charge in [0, 0.05) is 40.8 Å². The molecule has 1 aliphatic carbocycles. The molecule has 5 rings (SSSR count). The Kier molecular flexibility index (Phi) is 5.67. The Bertz CT molecular complexity index is 1210. The number of benzene rings is 2. The molecule has 0 atom stereocenters. The second kappa shape index (κ2) is 8.64. The van der Waals surface area contributed by atoms with Gasteiger partial charge in [-0.3, -0.25) is 9.47 Å². The van der Waals surface area contributed by atoms with Gasteiger partial charge in [0.25, 0.3) is 0 Å². The van der Waals surface area contributed by atoms with Crippen LogP contribution in [0.2, 0.25) is 0 Å². The number of aryl methyl sites for hydroxylation is 1. The molecule has 5 nitrogen and oxygen atoms in total. The summed E-state index contributed by atoms with van der Waals surface area (Å²) in [5.41, 5.74) is 5.27. The van der Waals surface area contributed by atoms with E-state index in [1.807, 2.05) is 0 Å². The number of hydrogen-bond donors (Lipinski definition) is 3. The fourth-order valence-corrected chi connectivity index (χ4v) is 5.86. The molecule has 5 heteroatoms. The SMILES string of the molecule is CN(C)C1(c2ccccc2)CCC(c2[nH]c3ccccc3c2CCn2c(O)ccc2O)CC1. The number of para-hydroxylation sites is 1. The zero-order valence-corrected chi connectivity index (χ0v) is 19.5. The first-order valence-electron chi connectivity index (χ1n) is 11.9. The number of nitrogens with zero attached hydrogens (tertiary/aromatic N) is 2. The predicted molar refractivity (Wildman–Crippen MR) is 133 cm³/mol. The lowest BCUT2D eigenvalue weighted by molar-refractivity contribution is 0.0903. The summed E-state index contributed by atoms with van der Waals surface area (Å²) in [7, 11) is 4.41. The van der Waals surface area contributed by atoms with Crippen molar-refractivity contribution in [2.75, 3.05) is 14.1 Å². The minimum absolute atomic E-state index is 0.0761. The van der Waals surface area contributed by atoms with Crippen LogP contribution < -0.4 is 0 Å². The summed E-state index contributed by atoms with van der Waals surface area (Å²) < 4.78 is 1.57. The topological polar surface area (TPSA) is 64.4 Å². The number of nitrogens with one attached hydrogen (secondary N) is 1. The Morgan fingerprint density at radius 2 is 1.55 bits per heavy atom. The molecule has 2 heterocycles. The molecular weight excluding hydrogens is 410 g/mol. The van der Waals surface area contributed by atoms with Crippen molar-refractivity contribution in [3.05, 3.63) is 83.6 Å². The van der Waals surface area contributed by atoms with Gasteiger partial charge in [0.2, 0.25) is 0 Å². The molecule has 0 unspecified atom stereocenters. The summed E-state index contributed by atoms with van der Waals surface area (Å²) in [4.78, 5) is 6.15. The van der Waals surface area contributed by atoms with Crippen LogP contribution in [0.25, 0.3) is 10.9 Å². The number of hydrogen-bond acceptors (Lipinski definition) is 3. The third-order valence-corrected chi connectivity index (χ3v) is 7.75. The molecule has 0 amide bonds. The number of aromatic hydroxyl groups is 2. The van der Waals surface area contributed by atoms with Crippen molar-refractivity contribution in [3.63, 3.8) is 0 Å². The average Bonchev–Trinajstić information content (AvgIpc) is 3.37. The molecule has 1 aliphatic rings. The zero-order chi connectivity index (χ0) is 23.0. The maximum Gasteiger partial charge on any atom is 0.193 e. The lowest BCUT2D eigenvalue weighted by atomic mass is 9.70. The third-order valence-electron chi connectivity index (χ3n) is 7.75. The van der Waals surface area contributed by atoms with Gasteiger partial charge in [-0.05, 0) is 69.3 Å². The lowest BCUT2D eigenvalue weighted by Gasteiger charge is -2.45. The highest BCUT2D eigenvalue weighted by Crippen LogP contribution is 2.47. The van der Waals surface area contributed by atoms with Crippen molar-refractivity contribution in [2.45, 2.75) is 50.1 Å². The molecule has 0 aliphatic heterocycles. The van der Waals surface area contributed by atoms with Gasteiger partial charge in [0.05, 0.1) is 0 Å². The fraction of sp³-hybridized carbons (Fsp3) is 0.357. The summed E-state index contributed by atoms with van der Waals surface area (Å²) in [6.07, 6.45) is 5.22. The number of H-pyrrole nitrogens is 1. The standard InChI is InChI=1S/C28H33N3O2/c1-30(2)28(21-8-4-3-5-9-21)17-14-20(15-18-28)27-23(22-10-6-7-11-24(22)29-27)16-19-31-25(32)12-13-26(31)33/h3-13,20,29,32-33H,14-19H2,1-2H3. The van der Waals surface area contributed by atoms with Gasteiger partial charge >= 0.3 is 0 Å². The van der Waals surface area contributed by atoms with Crippen LogP contribution in [-0.4, -0.2) is 38.8 Å². The summed E-state index contributed by atoms with van der Waals surface area (Å²) in [5, 5.41) is 21.4. The highest BCUT2D eigenvalue weighted by Gasteiger charge is 2.39. The van der Waals surface area contributed by atoms with E-state index in [2.05, 4.69) is 78.6 Å². The molecule has 0 bridgehead atoms. The van der Waals surface area contributed by atoms with E-state index in [4.69, 9.17) is 0 Å². The highest BCUT2D eigenvalue weighted by atomic mass is 16.3. The maximum atomic E-state index is 10.1. The second-order valence-electron chi connectivity index (χ2n) is 9.58. The second-order valence-corrected chi connectivity index (χ2v) is 9.58. The van der Waals surface area contributed by atoms with Crippen LogP contribution in [-0.2, 0) is 18.5 Å². The smallest absolute Gasteiger partial charge is 0.193 e. The van der Waals surface area contributed by atoms with Crippen molar-refractivity contribution < 1.29 is 10.2 Å². The van der Waals surface area contributed by atoms with E-state index in [0.717, 1.165) is 37.6 Å².